The Kier molecular flexibility index (Phi) is 4.59. The molecule has 0 aliphatic carbocycles. The first-order valence-electron chi connectivity index (χ1n) is 5.94. The number of carbonyl (C=O) groups excluding carboxylic acids is 1. The molecule has 0 saturated heterocycles. The van der Waals surface area contributed by atoms with Gasteiger partial charge in [0.1, 0.15) is 5.82 Å². The normalized spacial score (nSPS) is 11.1. The number of amides is 1. The van der Waals surface area contributed by atoms with E-state index < -0.39 is 20.8 Å². The molecule has 21 heavy (non-hydrogen) atoms. The van der Waals surface area contributed by atoms with Gasteiger partial charge in [-0.2, -0.15) is 0 Å². The van der Waals surface area contributed by atoms with E-state index in [9.17, 15) is 17.6 Å². The van der Waals surface area contributed by atoms with Gasteiger partial charge in [-0.05, 0) is 29.8 Å². The van der Waals surface area contributed by atoms with Crippen molar-refractivity contribution < 1.29 is 17.6 Å². The van der Waals surface area contributed by atoms with E-state index in [2.05, 4.69) is 5.32 Å². The zero-order valence-electron chi connectivity index (χ0n) is 10.7. The maximum absolute atomic E-state index is 13.4. The van der Waals surface area contributed by atoms with E-state index in [1.54, 1.807) is 6.07 Å². The second-order valence-electron chi connectivity index (χ2n) is 4.29. The molecule has 0 fully saturated rings. The number of rotatable bonds is 4. The van der Waals surface area contributed by atoms with Crippen LogP contribution in [0.3, 0.4) is 0 Å². The fourth-order valence-corrected chi connectivity index (χ4v) is 2.48. The van der Waals surface area contributed by atoms with Gasteiger partial charge in [-0.15, -0.1) is 0 Å². The molecule has 0 heterocycles. The van der Waals surface area contributed by atoms with Crippen LogP contribution in [-0.2, 0) is 20.3 Å². The quantitative estimate of drug-likeness (QED) is 0.878. The van der Waals surface area contributed by atoms with Gasteiger partial charge in [-0.25, -0.2) is 12.8 Å². The molecule has 0 aromatic heterocycles. The fraction of sp³-hybridized carbons (Fsp3) is 0.0714. The summed E-state index contributed by atoms with van der Waals surface area (Å²) in [6.07, 6.45) is -0.00303. The Morgan fingerprint density at radius 2 is 1.71 bits per heavy atom. The van der Waals surface area contributed by atoms with Gasteiger partial charge in [0, 0.05) is 10.7 Å². The second kappa shape index (κ2) is 6.24. The van der Waals surface area contributed by atoms with Gasteiger partial charge < -0.3 is 5.32 Å². The van der Waals surface area contributed by atoms with Crippen molar-refractivity contribution in [1.82, 2.24) is 0 Å². The summed E-state index contributed by atoms with van der Waals surface area (Å²) in [5.74, 6) is -0.920. The van der Waals surface area contributed by atoms with Crippen molar-refractivity contribution >= 4 is 31.3 Å². The van der Waals surface area contributed by atoms with Gasteiger partial charge in [-0.1, -0.05) is 24.3 Å². The summed E-state index contributed by atoms with van der Waals surface area (Å²) in [5.41, 5.74) is 0.690. The van der Waals surface area contributed by atoms with Crippen LogP contribution < -0.4 is 5.32 Å². The van der Waals surface area contributed by atoms with Crippen LogP contribution in [-0.4, -0.2) is 14.3 Å². The molecule has 1 N–H and O–H groups in total. The minimum Gasteiger partial charge on any atom is -0.323 e. The standard InChI is InChI=1S/C14H11ClFNO3S/c15-21(19,20)11-7-5-10(6-8-11)9-14(18)17-13-4-2-1-3-12(13)16/h1-8H,9H2,(H,17,18). The zero-order chi connectivity index (χ0) is 15.5. The molecule has 0 spiro atoms. The molecule has 0 saturated carbocycles. The summed E-state index contributed by atoms with van der Waals surface area (Å²) in [4.78, 5) is 11.8. The molecular formula is C14H11ClFNO3S. The lowest BCUT2D eigenvalue weighted by Gasteiger charge is -2.06. The Bertz CT molecular complexity index is 760. The minimum absolute atomic E-state index is 0.00303. The van der Waals surface area contributed by atoms with Crippen LogP contribution in [0.15, 0.2) is 53.4 Å². The third-order valence-electron chi connectivity index (χ3n) is 2.72. The maximum atomic E-state index is 13.4. The number of anilines is 1. The highest BCUT2D eigenvalue weighted by Gasteiger charge is 2.11. The molecule has 2 rings (SSSR count). The van der Waals surface area contributed by atoms with E-state index >= 15 is 0 Å². The number of benzene rings is 2. The predicted molar refractivity (Wildman–Crippen MR) is 78.2 cm³/mol. The Hall–Kier alpha value is -1.92. The lowest BCUT2D eigenvalue weighted by Crippen LogP contribution is -2.15. The van der Waals surface area contributed by atoms with Crippen LogP contribution in [0.25, 0.3) is 0 Å². The highest BCUT2D eigenvalue weighted by atomic mass is 35.7. The van der Waals surface area contributed by atoms with E-state index in [-0.39, 0.29) is 17.0 Å². The third kappa shape index (κ3) is 4.27. The van der Waals surface area contributed by atoms with Crippen molar-refractivity contribution in [2.45, 2.75) is 11.3 Å². The molecule has 110 valence electrons. The monoisotopic (exact) mass is 327 g/mol. The number of halogens is 2. The van der Waals surface area contributed by atoms with E-state index in [1.807, 2.05) is 0 Å². The van der Waals surface area contributed by atoms with Crippen LogP contribution in [0, 0.1) is 5.82 Å². The number of para-hydroxylation sites is 1. The van der Waals surface area contributed by atoms with Crippen LogP contribution in [0.4, 0.5) is 10.1 Å². The number of nitrogens with one attached hydrogen (secondary N) is 1. The maximum Gasteiger partial charge on any atom is 0.261 e. The highest BCUT2D eigenvalue weighted by Crippen LogP contribution is 2.16. The SMILES string of the molecule is O=C(Cc1ccc(S(=O)(=O)Cl)cc1)Nc1ccccc1F. The van der Waals surface area contributed by atoms with Crippen LogP contribution in [0.1, 0.15) is 5.56 Å². The molecule has 0 atom stereocenters. The molecule has 0 unspecified atom stereocenters. The van der Waals surface area contributed by atoms with Gasteiger partial charge in [0.15, 0.2) is 0 Å². The van der Waals surface area contributed by atoms with Crippen LogP contribution >= 0.6 is 10.7 Å². The molecule has 0 aliphatic rings. The Morgan fingerprint density at radius 3 is 2.29 bits per heavy atom. The summed E-state index contributed by atoms with van der Waals surface area (Å²) in [5, 5.41) is 2.45. The largest absolute Gasteiger partial charge is 0.323 e. The van der Waals surface area contributed by atoms with Crippen LogP contribution in [0.2, 0.25) is 0 Å². The summed E-state index contributed by atoms with van der Waals surface area (Å²) < 4.78 is 35.6. The second-order valence-corrected chi connectivity index (χ2v) is 6.85. The molecule has 4 nitrogen and oxygen atoms in total. The first kappa shape index (κ1) is 15.5. The molecule has 7 heteroatoms. The molecule has 0 radical (unpaired) electrons. The van der Waals surface area contributed by atoms with Crippen molar-refractivity contribution in [3.05, 3.63) is 59.9 Å². The smallest absolute Gasteiger partial charge is 0.261 e. The first-order chi connectivity index (χ1) is 9.86. The van der Waals surface area contributed by atoms with Gasteiger partial charge in [-0.3, -0.25) is 4.79 Å². The number of hydrogen-bond acceptors (Lipinski definition) is 3. The van der Waals surface area contributed by atoms with E-state index in [1.165, 1.54) is 42.5 Å². The van der Waals surface area contributed by atoms with Crippen molar-refractivity contribution in [1.29, 1.82) is 0 Å². The van der Waals surface area contributed by atoms with Gasteiger partial charge in [0.2, 0.25) is 5.91 Å². The lowest BCUT2D eigenvalue weighted by molar-refractivity contribution is -0.115. The molecule has 0 aliphatic heterocycles. The van der Waals surface area contributed by atoms with E-state index in [4.69, 9.17) is 10.7 Å². The summed E-state index contributed by atoms with van der Waals surface area (Å²) in [6, 6.07) is 11.4. The van der Waals surface area contributed by atoms with Gasteiger partial charge in [0.05, 0.1) is 17.0 Å². The van der Waals surface area contributed by atoms with Gasteiger partial charge in [0.25, 0.3) is 9.05 Å². The third-order valence-corrected chi connectivity index (χ3v) is 4.09. The summed E-state index contributed by atoms with van der Waals surface area (Å²) >= 11 is 0. The Morgan fingerprint density at radius 1 is 1.10 bits per heavy atom. The first-order valence-corrected chi connectivity index (χ1v) is 8.25. The zero-order valence-corrected chi connectivity index (χ0v) is 12.3. The molecule has 2 aromatic carbocycles. The Balaban J connectivity index is 2.05. The van der Waals surface area contributed by atoms with E-state index in [0.717, 1.165) is 0 Å². The molecule has 0 bridgehead atoms. The van der Waals surface area contributed by atoms with Crippen molar-refractivity contribution in [2.24, 2.45) is 0 Å². The lowest BCUT2D eigenvalue weighted by atomic mass is 10.1. The summed E-state index contributed by atoms with van der Waals surface area (Å²) in [7, 11) is 1.41. The van der Waals surface area contributed by atoms with Crippen LogP contribution in [0.5, 0.6) is 0 Å². The topological polar surface area (TPSA) is 63.2 Å². The van der Waals surface area contributed by atoms with Crippen molar-refractivity contribution in [2.75, 3.05) is 5.32 Å². The molecular weight excluding hydrogens is 317 g/mol. The van der Waals surface area contributed by atoms with Gasteiger partial charge >= 0.3 is 0 Å². The molecule has 1 amide bonds. The fourth-order valence-electron chi connectivity index (χ4n) is 1.71. The molecule has 2 aromatic rings. The van der Waals surface area contributed by atoms with Crippen molar-refractivity contribution in [3.63, 3.8) is 0 Å². The van der Waals surface area contributed by atoms with Crippen molar-refractivity contribution in [3.8, 4) is 0 Å². The average Bonchev–Trinajstić information content (AvgIpc) is 2.41. The Labute approximate surface area is 126 Å². The average molecular weight is 328 g/mol. The number of hydrogen-bond donors (Lipinski definition) is 1. The number of carbonyl (C=O) groups is 1. The predicted octanol–water partition coefficient (Wildman–Crippen LogP) is 2.93. The minimum atomic E-state index is -3.78. The highest BCUT2D eigenvalue weighted by molar-refractivity contribution is 8.13. The van der Waals surface area contributed by atoms with E-state index in [0.29, 0.717) is 5.56 Å². The summed E-state index contributed by atoms with van der Waals surface area (Å²) in [6.45, 7) is 0.